The highest BCUT2D eigenvalue weighted by Gasteiger charge is 2.20. The van der Waals surface area contributed by atoms with Crippen molar-refractivity contribution in [1.82, 2.24) is 0 Å². The quantitative estimate of drug-likeness (QED) is 0.604. The van der Waals surface area contributed by atoms with Gasteiger partial charge in [-0.15, -0.1) is 0 Å². The van der Waals surface area contributed by atoms with E-state index in [4.69, 9.17) is 32.5 Å². The third-order valence-electron chi connectivity index (χ3n) is 3.26. The van der Waals surface area contributed by atoms with Gasteiger partial charge in [0.1, 0.15) is 5.76 Å². The van der Waals surface area contributed by atoms with Gasteiger partial charge in [-0.05, 0) is 37.1 Å². The number of hydrogen-bond acceptors (Lipinski definition) is 4. The molecule has 0 atom stereocenters. The molecule has 3 rings (SSSR count). The summed E-state index contributed by atoms with van der Waals surface area (Å²) in [5.41, 5.74) is 1.84. The fraction of sp³-hybridized carbons (Fsp3) is 0.200. The number of carbonyl (C=O) groups excluding carboxylic acids is 1. The van der Waals surface area contributed by atoms with Gasteiger partial charge in [0, 0.05) is 17.0 Å². The van der Waals surface area contributed by atoms with Crippen LogP contribution in [0.15, 0.2) is 40.1 Å². The highest BCUT2D eigenvalue weighted by atomic mass is 35.5. The summed E-state index contributed by atoms with van der Waals surface area (Å²) in [7, 11) is 0. The molecule has 0 bridgehead atoms. The zero-order chi connectivity index (χ0) is 14.8. The molecule has 2 aromatic rings. The van der Waals surface area contributed by atoms with E-state index in [0.717, 1.165) is 30.6 Å². The van der Waals surface area contributed by atoms with E-state index in [2.05, 4.69) is 5.16 Å². The maximum Gasteiger partial charge on any atom is 0.367 e. The molecule has 1 aliphatic rings. The van der Waals surface area contributed by atoms with Gasteiger partial charge >= 0.3 is 5.97 Å². The first kappa shape index (κ1) is 14.2. The lowest BCUT2D eigenvalue weighted by molar-refractivity contribution is 0.0515. The molecule has 1 aromatic carbocycles. The Labute approximate surface area is 131 Å². The normalized spacial score (nSPS) is 15.8. The number of halogens is 2. The second-order valence-corrected chi connectivity index (χ2v) is 5.50. The van der Waals surface area contributed by atoms with E-state index in [1.54, 1.807) is 12.3 Å². The largest absolute Gasteiger partial charge is 0.469 e. The Balaban J connectivity index is 1.79. The molecule has 0 amide bonds. The minimum atomic E-state index is -0.611. The molecule has 0 N–H and O–H groups in total. The molecule has 1 aromatic heterocycles. The predicted molar refractivity (Wildman–Crippen MR) is 80.1 cm³/mol. The topological polar surface area (TPSA) is 51.8 Å². The van der Waals surface area contributed by atoms with E-state index in [1.165, 1.54) is 12.1 Å². The lowest BCUT2D eigenvalue weighted by Gasteiger charge is -2.11. The molecule has 0 saturated heterocycles. The molecule has 4 nitrogen and oxygen atoms in total. The van der Waals surface area contributed by atoms with Crippen molar-refractivity contribution in [1.29, 1.82) is 0 Å². The maximum atomic E-state index is 12.0. The number of hydrogen-bond donors (Lipinski definition) is 0. The number of furan rings is 1. The first-order valence-corrected chi connectivity index (χ1v) is 7.21. The van der Waals surface area contributed by atoms with Crippen LogP contribution in [-0.4, -0.2) is 11.7 Å². The van der Waals surface area contributed by atoms with Crippen molar-refractivity contribution < 1.29 is 14.0 Å². The second-order valence-electron chi connectivity index (χ2n) is 4.65. The van der Waals surface area contributed by atoms with Crippen LogP contribution in [0.5, 0.6) is 0 Å². The Hall–Kier alpha value is -1.78. The van der Waals surface area contributed by atoms with Crippen LogP contribution in [0, 0.1) is 0 Å². The predicted octanol–water partition coefficient (Wildman–Crippen LogP) is 4.48. The van der Waals surface area contributed by atoms with Crippen molar-refractivity contribution in [3.63, 3.8) is 0 Å². The van der Waals surface area contributed by atoms with Gasteiger partial charge in [0.05, 0.1) is 22.6 Å². The fourth-order valence-electron chi connectivity index (χ4n) is 2.24. The Morgan fingerprint density at radius 2 is 2.10 bits per heavy atom. The van der Waals surface area contributed by atoms with Crippen LogP contribution < -0.4 is 0 Å². The lowest BCUT2D eigenvalue weighted by Crippen LogP contribution is -2.12. The van der Waals surface area contributed by atoms with Crippen LogP contribution >= 0.6 is 23.2 Å². The van der Waals surface area contributed by atoms with E-state index >= 15 is 0 Å². The van der Waals surface area contributed by atoms with Crippen LogP contribution in [0.4, 0.5) is 0 Å². The fourth-order valence-corrected chi connectivity index (χ4v) is 2.72. The molecule has 1 aliphatic carbocycles. The Bertz CT molecular complexity index is 721. The van der Waals surface area contributed by atoms with Gasteiger partial charge in [-0.2, -0.15) is 0 Å². The van der Waals surface area contributed by atoms with E-state index in [9.17, 15) is 4.79 Å². The van der Waals surface area contributed by atoms with Gasteiger partial charge in [0.15, 0.2) is 0 Å². The molecule has 0 fully saturated rings. The molecule has 108 valence electrons. The highest BCUT2D eigenvalue weighted by Crippen LogP contribution is 2.24. The third kappa shape index (κ3) is 2.96. The summed E-state index contributed by atoms with van der Waals surface area (Å²) < 4.78 is 5.35. The van der Waals surface area contributed by atoms with Gasteiger partial charge in [-0.25, -0.2) is 4.79 Å². The van der Waals surface area contributed by atoms with E-state index in [1.807, 2.05) is 6.07 Å². The summed E-state index contributed by atoms with van der Waals surface area (Å²) >= 11 is 11.8. The smallest absolute Gasteiger partial charge is 0.367 e. The minimum Gasteiger partial charge on any atom is -0.469 e. The third-order valence-corrected chi connectivity index (χ3v) is 3.81. The molecular formula is C15H11Cl2NO3. The Kier molecular flexibility index (Phi) is 3.99. The summed E-state index contributed by atoms with van der Waals surface area (Å²) in [6.45, 7) is 0. The number of nitrogens with zero attached hydrogens (tertiary/aromatic N) is 1. The van der Waals surface area contributed by atoms with Crippen molar-refractivity contribution >= 4 is 34.9 Å². The van der Waals surface area contributed by atoms with Crippen molar-refractivity contribution in [2.45, 2.75) is 19.3 Å². The van der Waals surface area contributed by atoms with Crippen LogP contribution in [0.3, 0.4) is 0 Å². The van der Waals surface area contributed by atoms with Crippen LogP contribution in [0.25, 0.3) is 0 Å². The van der Waals surface area contributed by atoms with Gasteiger partial charge in [-0.3, -0.25) is 0 Å². The van der Waals surface area contributed by atoms with Crippen LogP contribution in [0.2, 0.25) is 10.0 Å². The Morgan fingerprint density at radius 3 is 2.90 bits per heavy atom. The van der Waals surface area contributed by atoms with E-state index < -0.39 is 5.97 Å². The van der Waals surface area contributed by atoms with Gasteiger partial charge < -0.3 is 9.25 Å². The number of fused-ring (bicyclic) bond motifs is 1. The summed E-state index contributed by atoms with van der Waals surface area (Å²) in [6.07, 6.45) is 4.15. The SMILES string of the molecule is O=C(ON=C1CCCc2occc21)c1ccc(Cl)cc1Cl. The number of aryl methyl sites for hydroxylation is 1. The van der Waals surface area contributed by atoms with Crippen molar-refractivity contribution in [2.24, 2.45) is 5.16 Å². The number of rotatable bonds is 2. The summed E-state index contributed by atoms with van der Waals surface area (Å²) in [5.74, 6) is 0.264. The average molecular weight is 324 g/mol. The first-order chi connectivity index (χ1) is 10.1. The maximum absolute atomic E-state index is 12.0. The Morgan fingerprint density at radius 1 is 1.24 bits per heavy atom. The van der Waals surface area contributed by atoms with Gasteiger partial charge in [0.2, 0.25) is 0 Å². The molecule has 6 heteroatoms. The number of oxime groups is 1. The summed E-state index contributed by atoms with van der Waals surface area (Å²) in [5, 5.41) is 4.65. The molecule has 0 aliphatic heterocycles. The van der Waals surface area contributed by atoms with Crippen molar-refractivity contribution in [3.05, 3.63) is 57.5 Å². The molecular weight excluding hydrogens is 313 g/mol. The first-order valence-electron chi connectivity index (χ1n) is 6.45. The van der Waals surface area contributed by atoms with E-state index in [0.29, 0.717) is 10.7 Å². The van der Waals surface area contributed by atoms with Gasteiger partial charge in [0.25, 0.3) is 0 Å². The molecule has 1 heterocycles. The number of benzene rings is 1. The second kappa shape index (κ2) is 5.92. The zero-order valence-corrected chi connectivity index (χ0v) is 12.4. The van der Waals surface area contributed by atoms with Crippen molar-refractivity contribution in [2.75, 3.05) is 0 Å². The van der Waals surface area contributed by atoms with E-state index in [-0.39, 0.29) is 10.6 Å². The van der Waals surface area contributed by atoms with Crippen LogP contribution in [-0.2, 0) is 11.3 Å². The summed E-state index contributed by atoms with van der Waals surface area (Å²) in [4.78, 5) is 17.0. The molecule has 21 heavy (non-hydrogen) atoms. The molecule has 0 spiro atoms. The highest BCUT2D eigenvalue weighted by molar-refractivity contribution is 6.36. The zero-order valence-electron chi connectivity index (χ0n) is 10.9. The standard InChI is InChI=1S/C15H11Cl2NO3/c16-9-4-5-10(12(17)8-9)15(19)21-18-13-2-1-3-14-11(13)6-7-20-14/h4-8H,1-3H2. The summed E-state index contributed by atoms with van der Waals surface area (Å²) in [6, 6.07) is 6.40. The molecule has 0 unspecified atom stereocenters. The molecule has 0 saturated carbocycles. The minimum absolute atomic E-state index is 0.230. The van der Waals surface area contributed by atoms with Crippen LogP contribution in [0.1, 0.15) is 34.5 Å². The monoisotopic (exact) mass is 323 g/mol. The lowest BCUT2D eigenvalue weighted by atomic mass is 9.97. The van der Waals surface area contributed by atoms with Crippen molar-refractivity contribution in [3.8, 4) is 0 Å². The number of carbonyl (C=O) groups is 1. The van der Waals surface area contributed by atoms with Gasteiger partial charge in [-0.1, -0.05) is 28.4 Å². The average Bonchev–Trinajstić information content (AvgIpc) is 2.93. The molecule has 0 radical (unpaired) electrons.